The van der Waals surface area contributed by atoms with Crippen molar-refractivity contribution in [3.63, 3.8) is 0 Å². The van der Waals surface area contributed by atoms with Crippen LogP contribution >= 0.6 is 11.6 Å². The Morgan fingerprint density at radius 2 is 2.00 bits per heavy atom. The van der Waals surface area contributed by atoms with Crippen LogP contribution in [0, 0.1) is 5.41 Å². The zero-order valence-corrected chi connectivity index (χ0v) is 19.3. The van der Waals surface area contributed by atoms with Crippen molar-refractivity contribution in [2.45, 2.75) is 66.9 Å². The van der Waals surface area contributed by atoms with Gasteiger partial charge in [0.25, 0.3) is 5.91 Å². The van der Waals surface area contributed by atoms with Crippen LogP contribution in [0.4, 0.5) is 0 Å². The van der Waals surface area contributed by atoms with E-state index in [9.17, 15) is 13.2 Å². The third-order valence-corrected chi connectivity index (χ3v) is 9.48. The van der Waals surface area contributed by atoms with Gasteiger partial charge < -0.3 is 19.9 Å². The number of carbonyl (C=O) groups excluding carboxylic acids is 1. The molecule has 3 heterocycles. The number of oxazole rings is 1. The Hall–Kier alpha value is -2.43. The molecule has 11 heteroatoms. The lowest BCUT2D eigenvalue weighted by atomic mass is 9.60. The molecule has 3 aliphatic rings. The highest BCUT2D eigenvalue weighted by molar-refractivity contribution is 7.92. The van der Waals surface area contributed by atoms with Gasteiger partial charge in [0.2, 0.25) is 26.5 Å². The van der Waals surface area contributed by atoms with Crippen molar-refractivity contribution < 1.29 is 22.0 Å². The second-order valence-electron chi connectivity index (χ2n) is 9.79. The molecule has 3 aliphatic carbocycles. The average Bonchev–Trinajstić information content (AvgIpc) is 3.18. The zero-order chi connectivity index (χ0) is 23.0. The van der Waals surface area contributed by atoms with Crippen molar-refractivity contribution in [1.82, 2.24) is 15.3 Å². The maximum absolute atomic E-state index is 12.7. The minimum Gasteiger partial charge on any atom is -0.440 e. The zero-order valence-electron chi connectivity index (χ0n) is 17.7. The maximum Gasteiger partial charge on any atom is 0.288 e. The second kappa shape index (κ2) is 7.04. The summed E-state index contributed by atoms with van der Waals surface area (Å²) in [6, 6.07) is 4.48. The van der Waals surface area contributed by atoms with E-state index in [0.29, 0.717) is 47.8 Å². The smallest absolute Gasteiger partial charge is 0.288 e. The first-order valence-corrected chi connectivity index (χ1v) is 12.9. The lowest BCUT2D eigenvalue weighted by Crippen LogP contribution is -2.55. The Balaban J connectivity index is 1.11. The van der Waals surface area contributed by atoms with E-state index in [-0.39, 0.29) is 22.2 Å². The van der Waals surface area contributed by atoms with E-state index >= 15 is 0 Å². The molecule has 174 valence electrons. The van der Waals surface area contributed by atoms with E-state index in [1.165, 1.54) is 18.3 Å². The molecule has 0 unspecified atom stereocenters. The number of amides is 1. The summed E-state index contributed by atoms with van der Waals surface area (Å²) in [5.41, 5.74) is 6.80. The Bertz CT molecular complexity index is 1370. The molecule has 33 heavy (non-hydrogen) atoms. The van der Waals surface area contributed by atoms with Crippen LogP contribution in [0.15, 0.2) is 38.3 Å². The molecule has 0 bridgehead atoms. The molecule has 0 aliphatic heterocycles. The van der Waals surface area contributed by atoms with E-state index in [4.69, 9.17) is 26.2 Å². The molecule has 0 aromatic carbocycles. The Morgan fingerprint density at radius 1 is 1.21 bits per heavy atom. The minimum absolute atomic E-state index is 0.0159. The minimum atomic E-state index is -3.48. The largest absolute Gasteiger partial charge is 0.440 e. The Morgan fingerprint density at radius 3 is 2.76 bits per heavy atom. The van der Waals surface area contributed by atoms with Crippen molar-refractivity contribution in [2.75, 3.05) is 0 Å². The number of hydrogen-bond acceptors (Lipinski definition) is 8. The fraction of sp³-hybridized carbons (Fsp3) is 0.500. The first kappa shape index (κ1) is 21.1. The number of fused-ring (bicyclic) bond motifs is 1. The first-order chi connectivity index (χ1) is 15.6. The number of furan rings is 1. The average molecular weight is 491 g/mol. The lowest BCUT2D eigenvalue weighted by Gasteiger charge is -2.45. The number of nitrogens with zero attached hydrogens (tertiary/aromatic N) is 2. The molecule has 3 aromatic rings. The summed E-state index contributed by atoms with van der Waals surface area (Å²) in [4.78, 5) is 21.4. The summed E-state index contributed by atoms with van der Waals surface area (Å²) in [5, 5.41) is 2.84. The number of pyridine rings is 1. The molecule has 3 fully saturated rings. The van der Waals surface area contributed by atoms with Crippen molar-refractivity contribution in [1.29, 1.82) is 0 Å². The standard InChI is InChI=1S/C22H23ClN4O5S/c23-13-7-15-20(25-10-13)32-19(26-15)12-8-21(9-12)5-6-22(24,11-21)27-18(28)16-3-4-17(31-16)33(29,30)14-1-2-14/h3-4,7,10,12,14H,1-2,5-6,8-9,11,24H2,(H,27,28)/t12?,21?,22-/m0/s1. The van der Waals surface area contributed by atoms with Crippen LogP contribution in [-0.2, 0) is 9.84 Å². The maximum atomic E-state index is 12.7. The molecule has 9 nitrogen and oxygen atoms in total. The number of hydrogen-bond donors (Lipinski definition) is 2. The molecule has 0 saturated heterocycles. The van der Waals surface area contributed by atoms with Crippen LogP contribution in [0.3, 0.4) is 0 Å². The molecule has 3 N–H and O–H groups in total. The van der Waals surface area contributed by atoms with Gasteiger partial charge >= 0.3 is 0 Å². The van der Waals surface area contributed by atoms with Crippen LogP contribution in [-0.4, -0.2) is 35.2 Å². The van der Waals surface area contributed by atoms with Crippen molar-refractivity contribution in [2.24, 2.45) is 11.1 Å². The monoisotopic (exact) mass is 490 g/mol. The predicted octanol–water partition coefficient (Wildman–Crippen LogP) is 3.54. The van der Waals surface area contributed by atoms with Crippen LogP contribution in [0.2, 0.25) is 5.02 Å². The number of rotatable bonds is 5. The molecule has 6 rings (SSSR count). The van der Waals surface area contributed by atoms with Gasteiger partial charge in [-0.1, -0.05) is 11.6 Å². The fourth-order valence-electron chi connectivity index (χ4n) is 5.36. The summed E-state index contributed by atoms with van der Waals surface area (Å²) in [6.07, 6.45) is 6.67. The predicted molar refractivity (Wildman–Crippen MR) is 118 cm³/mol. The van der Waals surface area contributed by atoms with E-state index in [0.717, 1.165) is 19.3 Å². The summed E-state index contributed by atoms with van der Waals surface area (Å²) < 4.78 is 35.8. The molecule has 3 saturated carbocycles. The quantitative estimate of drug-likeness (QED) is 0.517. The van der Waals surface area contributed by atoms with E-state index in [1.54, 1.807) is 6.07 Å². The normalized spacial score (nSPS) is 29.5. The Labute approximate surface area is 195 Å². The van der Waals surface area contributed by atoms with Gasteiger partial charge in [-0.25, -0.2) is 18.4 Å². The summed E-state index contributed by atoms with van der Waals surface area (Å²) in [5.74, 6) is 0.300. The first-order valence-electron chi connectivity index (χ1n) is 11.0. The summed E-state index contributed by atoms with van der Waals surface area (Å²) in [6.45, 7) is 0. The highest BCUT2D eigenvalue weighted by Crippen LogP contribution is 2.61. The van der Waals surface area contributed by atoms with Crippen molar-refractivity contribution in [3.05, 3.63) is 41.1 Å². The third kappa shape index (κ3) is 3.64. The van der Waals surface area contributed by atoms with Gasteiger partial charge in [0, 0.05) is 12.1 Å². The van der Waals surface area contributed by atoms with E-state index in [2.05, 4.69) is 15.3 Å². The molecule has 1 amide bonds. The van der Waals surface area contributed by atoms with Gasteiger partial charge in [-0.05, 0) is 68.6 Å². The third-order valence-electron chi connectivity index (χ3n) is 7.14. The number of aromatic nitrogens is 2. The molecule has 1 spiro atoms. The Kier molecular flexibility index (Phi) is 4.50. The molecular formula is C22H23ClN4O5S. The van der Waals surface area contributed by atoms with Crippen LogP contribution in [0.1, 0.15) is 67.3 Å². The lowest BCUT2D eigenvalue weighted by molar-refractivity contribution is 0.0742. The highest BCUT2D eigenvalue weighted by atomic mass is 35.5. The number of nitrogens with one attached hydrogen (secondary N) is 1. The van der Waals surface area contributed by atoms with Crippen LogP contribution in [0.5, 0.6) is 0 Å². The van der Waals surface area contributed by atoms with Gasteiger partial charge in [0.15, 0.2) is 5.76 Å². The fourth-order valence-corrected chi connectivity index (χ4v) is 7.07. The van der Waals surface area contributed by atoms with Crippen molar-refractivity contribution in [3.8, 4) is 0 Å². The van der Waals surface area contributed by atoms with Gasteiger partial charge in [0.1, 0.15) is 5.52 Å². The number of nitrogens with two attached hydrogens (primary N) is 1. The summed E-state index contributed by atoms with van der Waals surface area (Å²) >= 11 is 5.98. The summed E-state index contributed by atoms with van der Waals surface area (Å²) in [7, 11) is -3.48. The number of sulfone groups is 1. The molecule has 3 aromatic heterocycles. The highest BCUT2D eigenvalue weighted by Gasteiger charge is 2.55. The van der Waals surface area contributed by atoms with Gasteiger partial charge in [-0.2, -0.15) is 0 Å². The topological polar surface area (TPSA) is 141 Å². The van der Waals surface area contributed by atoms with Gasteiger partial charge in [0.05, 0.1) is 15.9 Å². The van der Waals surface area contributed by atoms with E-state index < -0.39 is 26.7 Å². The van der Waals surface area contributed by atoms with Crippen molar-refractivity contribution >= 4 is 38.6 Å². The second-order valence-corrected chi connectivity index (χ2v) is 12.4. The van der Waals surface area contributed by atoms with E-state index in [1.807, 2.05) is 0 Å². The number of halogens is 1. The van der Waals surface area contributed by atoms with Gasteiger partial charge in [-0.15, -0.1) is 0 Å². The van der Waals surface area contributed by atoms with Crippen LogP contribution in [0.25, 0.3) is 11.2 Å². The molecule has 0 radical (unpaired) electrons. The SMILES string of the molecule is N[C@]1(NC(=O)c2ccc(S(=O)(=O)C3CC3)o2)CCC2(CC(c3nc4cc(Cl)cnc4o3)C2)C1. The van der Waals surface area contributed by atoms with Crippen LogP contribution < -0.4 is 11.1 Å². The van der Waals surface area contributed by atoms with Gasteiger partial charge in [-0.3, -0.25) is 4.79 Å². The molecular weight excluding hydrogens is 468 g/mol. The molecule has 1 atom stereocenters. The number of carbonyl (C=O) groups is 1.